The third-order valence-corrected chi connectivity index (χ3v) is 2.91. The van der Waals surface area contributed by atoms with Crippen LogP contribution in [0.3, 0.4) is 0 Å². The van der Waals surface area contributed by atoms with E-state index in [1.807, 2.05) is 0 Å². The van der Waals surface area contributed by atoms with Crippen LogP contribution < -0.4 is 5.32 Å². The molecule has 0 radical (unpaired) electrons. The van der Waals surface area contributed by atoms with E-state index in [9.17, 15) is 0 Å². The zero-order valence-corrected chi connectivity index (χ0v) is 10.8. The fourth-order valence-corrected chi connectivity index (χ4v) is 1.71. The van der Waals surface area contributed by atoms with Crippen molar-refractivity contribution < 1.29 is 0 Å². The Morgan fingerprint density at radius 3 is 2.07 bits per heavy atom. The maximum Gasteiger partial charge on any atom is 0.00104 e. The van der Waals surface area contributed by atoms with Gasteiger partial charge in [0, 0.05) is 6.04 Å². The Kier molecular flexibility index (Phi) is 8.26. The molecule has 86 valence electrons. The van der Waals surface area contributed by atoms with Crippen LogP contribution >= 0.6 is 0 Å². The van der Waals surface area contributed by atoms with E-state index in [4.69, 9.17) is 0 Å². The van der Waals surface area contributed by atoms with Crippen LogP contribution in [0.5, 0.6) is 0 Å². The van der Waals surface area contributed by atoms with Gasteiger partial charge in [0.15, 0.2) is 0 Å². The predicted octanol–water partition coefficient (Wildman–Crippen LogP) is 3.84. The highest BCUT2D eigenvalue weighted by Gasteiger charge is 2.12. The first-order valence-electron chi connectivity index (χ1n) is 6.31. The van der Waals surface area contributed by atoms with Crippen molar-refractivity contribution >= 4 is 0 Å². The molecule has 0 aromatic rings. The van der Waals surface area contributed by atoms with Gasteiger partial charge in [-0.2, -0.15) is 0 Å². The van der Waals surface area contributed by atoms with Gasteiger partial charge in [0.25, 0.3) is 0 Å². The number of nitrogens with one attached hydrogen (secondary N) is 1. The van der Waals surface area contributed by atoms with Crippen LogP contribution in [0.4, 0.5) is 0 Å². The van der Waals surface area contributed by atoms with Gasteiger partial charge in [0.2, 0.25) is 0 Å². The van der Waals surface area contributed by atoms with Crippen molar-refractivity contribution in [1.29, 1.82) is 0 Å². The zero-order valence-electron chi connectivity index (χ0n) is 10.8. The first kappa shape index (κ1) is 14.0. The quantitative estimate of drug-likeness (QED) is 0.586. The van der Waals surface area contributed by atoms with Crippen LogP contribution in [-0.2, 0) is 0 Å². The third-order valence-electron chi connectivity index (χ3n) is 2.91. The minimum absolute atomic E-state index is 0.627. The Bertz CT molecular complexity index is 118. The largest absolute Gasteiger partial charge is 0.314 e. The standard InChI is InChI=1S/C13H29N/c1-6-7-8-9-13(11(2)3)10-14-12(4)5/h11-14H,6-10H2,1-5H3. The van der Waals surface area contributed by atoms with E-state index in [1.54, 1.807) is 0 Å². The van der Waals surface area contributed by atoms with Crippen molar-refractivity contribution in [2.45, 2.75) is 66.3 Å². The Balaban J connectivity index is 3.66. The molecule has 0 aliphatic rings. The fraction of sp³-hybridized carbons (Fsp3) is 1.00. The summed E-state index contributed by atoms with van der Waals surface area (Å²) in [6.07, 6.45) is 5.53. The molecule has 0 bridgehead atoms. The maximum atomic E-state index is 3.55. The lowest BCUT2D eigenvalue weighted by molar-refractivity contribution is 0.321. The fourth-order valence-electron chi connectivity index (χ4n) is 1.71. The molecule has 1 nitrogen and oxygen atoms in total. The first-order chi connectivity index (χ1) is 6.57. The molecule has 0 aromatic heterocycles. The molecule has 0 spiro atoms. The zero-order chi connectivity index (χ0) is 11.0. The van der Waals surface area contributed by atoms with Crippen molar-refractivity contribution in [3.8, 4) is 0 Å². The molecule has 0 heterocycles. The molecule has 1 N–H and O–H groups in total. The highest BCUT2D eigenvalue weighted by molar-refractivity contribution is 4.67. The monoisotopic (exact) mass is 199 g/mol. The highest BCUT2D eigenvalue weighted by atomic mass is 14.9. The van der Waals surface area contributed by atoms with Crippen LogP contribution in [0.25, 0.3) is 0 Å². The van der Waals surface area contributed by atoms with Gasteiger partial charge in [0.05, 0.1) is 0 Å². The summed E-state index contributed by atoms with van der Waals surface area (Å²) in [5.41, 5.74) is 0. The summed E-state index contributed by atoms with van der Waals surface area (Å²) in [5, 5.41) is 3.55. The van der Waals surface area contributed by atoms with E-state index in [-0.39, 0.29) is 0 Å². The molecule has 0 aliphatic carbocycles. The summed E-state index contributed by atoms with van der Waals surface area (Å²) in [6, 6.07) is 0.627. The Labute approximate surface area is 90.7 Å². The van der Waals surface area contributed by atoms with E-state index in [1.165, 1.54) is 32.2 Å². The van der Waals surface area contributed by atoms with Crippen molar-refractivity contribution in [1.82, 2.24) is 5.32 Å². The van der Waals surface area contributed by atoms with E-state index >= 15 is 0 Å². The first-order valence-corrected chi connectivity index (χ1v) is 6.31. The summed E-state index contributed by atoms with van der Waals surface area (Å²) in [6.45, 7) is 12.6. The lowest BCUT2D eigenvalue weighted by Crippen LogP contribution is -2.31. The van der Waals surface area contributed by atoms with E-state index in [2.05, 4.69) is 39.9 Å². The summed E-state index contributed by atoms with van der Waals surface area (Å²) in [4.78, 5) is 0. The lowest BCUT2D eigenvalue weighted by Gasteiger charge is -2.22. The average molecular weight is 199 g/mol. The molecular formula is C13H29N. The summed E-state index contributed by atoms with van der Waals surface area (Å²) < 4.78 is 0. The maximum absolute atomic E-state index is 3.55. The van der Waals surface area contributed by atoms with Crippen molar-refractivity contribution in [2.75, 3.05) is 6.54 Å². The smallest absolute Gasteiger partial charge is 0.00104 e. The topological polar surface area (TPSA) is 12.0 Å². The molecule has 0 saturated heterocycles. The second-order valence-corrected chi connectivity index (χ2v) is 5.06. The normalized spacial score (nSPS) is 13.9. The minimum Gasteiger partial charge on any atom is -0.314 e. The van der Waals surface area contributed by atoms with Crippen molar-refractivity contribution in [3.05, 3.63) is 0 Å². The Morgan fingerprint density at radius 1 is 1.00 bits per heavy atom. The van der Waals surface area contributed by atoms with Crippen LogP contribution in [0.1, 0.15) is 60.3 Å². The summed E-state index contributed by atoms with van der Waals surface area (Å²) in [7, 11) is 0. The second kappa shape index (κ2) is 8.28. The predicted molar refractivity (Wildman–Crippen MR) is 65.6 cm³/mol. The number of rotatable bonds is 8. The van der Waals surface area contributed by atoms with Gasteiger partial charge in [-0.1, -0.05) is 53.9 Å². The number of hydrogen-bond donors (Lipinski definition) is 1. The molecule has 0 saturated carbocycles. The van der Waals surface area contributed by atoms with Crippen LogP contribution in [0, 0.1) is 11.8 Å². The minimum atomic E-state index is 0.627. The summed E-state index contributed by atoms with van der Waals surface area (Å²) in [5.74, 6) is 1.68. The molecule has 0 amide bonds. The highest BCUT2D eigenvalue weighted by Crippen LogP contribution is 2.18. The molecule has 1 unspecified atom stereocenters. The summed E-state index contributed by atoms with van der Waals surface area (Å²) >= 11 is 0. The van der Waals surface area contributed by atoms with Crippen LogP contribution in [-0.4, -0.2) is 12.6 Å². The average Bonchev–Trinajstić information content (AvgIpc) is 2.10. The van der Waals surface area contributed by atoms with Gasteiger partial charge in [-0.25, -0.2) is 0 Å². The lowest BCUT2D eigenvalue weighted by atomic mass is 9.90. The molecule has 0 fully saturated rings. The number of unbranched alkanes of at least 4 members (excludes halogenated alkanes) is 2. The van der Waals surface area contributed by atoms with E-state index in [0.29, 0.717) is 6.04 Å². The molecule has 14 heavy (non-hydrogen) atoms. The van der Waals surface area contributed by atoms with Crippen LogP contribution in [0.2, 0.25) is 0 Å². The van der Waals surface area contributed by atoms with Crippen molar-refractivity contribution in [3.63, 3.8) is 0 Å². The van der Waals surface area contributed by atoms with Crippen molar-refractivity contribution in [2.24, 2.45) is 11.8 Å². The second-order valence-electron chi connectivity index (χ2n) is 5.06. The molecular weight excluding hydrogens is 170 g/mol. The third kappa shape index (κ3) is 7.37. The Morgan fingerprint density at radius 2 is 1.64 bits per heavy atom. The van der Waals surface area contributed by atoms with Gasteiger partial charge in [-0.3, -0.25) is 0 Å². The molecule has 0 aromatic carbocycles. The molecule has 0 rings (SSSR count). The number of hydrogen-bond acceptors (Lipinski definition) is 1. The van der Waals surface area contributed by atoms with Gasteiger partial charge in [-0.05, 0) is 24.8 Å². The Hall–Kier alpha value is -0.0400. The molecule has 0 aliphatic heterocycles. The molecule has 1 heteroatoms. The van der Waals surface area contributed by atoms with Gasteiger partial charge in [-0.15, -0.1) is 0 Å². The van der Waals surface area contributed by atoms with Gasteiger partial charge in [0.1, 0.15) is 0 Å². The molecule has 1 atom stereocenters. The van der Waals surface area contributed by atoms with Gasteiger partial charge >= 0.3 is 0 Å². The van der Waals surface area contributed by atoms with E-state index < -0.39 is 0 Å². The van der Waals surface area contributed by atoms with E-state index in [0.717, 1.165) is 11.8 Å². The van der Waals surface area contributed by atoms with Crippen LogP contribution in [0.15, 0.2) is 0 Å². The van der Waals surface area contributed by atoms with Gasteiger partial charge < -0.3 is 5.32 Å². The SMILES string of the molecule is CCCCCC(CNC(C)C)C(C)C.